The largest absolute Gasteiger partial charge is 0.496 e. The lowest BCUT2D eigenvalue weighted by Crippen LogP contribution is -2.38. The number of rotatable bonds is 7. The Morgan fingerprint density at radius 3 is 2.77 bits per heavy atom. The number of hydrogen-bond donors (Lipinski definition) is 2. The van der Waals surface area contributed by atoms with Crippen molar-refractivity contribution in [1.82, 2.24) is 15.6 Å². The van der Waals surface area contributed by atoms with Crippen molar-refractivity contribution in [1.29, 1.82) is 0 Å². The van der Waals surface area contributed by atoms with E-state index in [9.17, 15) is 0 Å². The van der Waals surface area contributed by atoms with E-state index < -0.39 is 0 Å². The van der Waals surface area contributed by atoms with Crippen LogP contribution in [0.3, 0.4) is 0 Å². The highest BCUT2D eigenvalue weighted by Gasteiger charge is 2.13. The summed E-state index contributed by atoms with van der Waals surface area (Å²) in [4.78, 5) is 11.3. The van der Waals surface area contributed by atoms with Gasteiger partial charge in [-0.05, 0) is 26.8 Å². The van der Waals surface area contributed by atoms with Gasteiger partial charge in [-0.2, -0.15) is 0 Å². The van der Waals surface area contributed by atoms with Crippen LogP contribution in [0.2, 0.25) is 0 Å². The lowest BCUT2D eigenvalue weighted by molar-refractivity contribution is 0.405. The number of benzene rings is 1. The average Bonchev–Trinajstić information content (AvgIpc) is 3.09. The molecule has 1 aromatic heterocycles. The fraction of sp³-hybridized carbons (Fsp3) is 0.474. The molecule has 2 aromatic rings. The third kappa shape index (κ3) is 5.36. The van der Waals surface area contributed by atoms with E-state index in [1.165, 1.54) is 5.56 Å². The maximum Gasteiger partial charge on any atom is 0.192 e. The first-order valence-electron chi connectivity index (χ1n) is 8.75. The van der Waals surface area contributed by atoms with Gasteiger partial charge in [0.05, 0.1) is 25.4 Å². The van der Waals surface area contributed by atoms with E-state index in [4.69, 9.17) is 4.74 Å². The Hall–Kier alpha value is -2.28. The van der Waals surface area contributed by atoms with Crippen LogP contribution >= 0.6 is 11.3 Å². The molecule has 0 spiro atoms. The summed E-state index contributed by atoms with van der Waals surface area (Å²) in [5, 5.41) is 9.80. The zero-order chi connectivity index (χ0) is 19.1. The summed E-state index contributed by atoms with van der Waals surface area (Å²) in [5.41, 5.74) is 3.29. The Kier molecular flexibility index (Phi) is 7.26. The molecule has 1 aromatic carbocycles. The predicted molar refractivity (Wildman–Crippen MR) is 111 cm³/mol. The standard InChI is InChI=1S/C19H29N5OS/c1-7-20-18(21-11-15-12-26-19(23-15)24(4)5)22-14(3)16-10-13(2)8-9-17(16)25-6/h8-10,12,14H,7,11H2,1-6H3,(H2,20,21,22). The Morgan fingerprint density at radius 2 is 2.15 bits per heavy atom. The van der Waals surface area contributed by atoms with Crippen molar-refractivity contribution in [3.63, 3.8) is 0 Å². The van der Waals surface area contributed by atoms with Crippen molar-refractivity contribution in [2.45, 2.75) is 33.4 Å². The molecule has 142 valence electrons. The molecule has 0 fully saturated rings. The molecule has 0 amide bonds. The number of methoxy groups -OCH3 is 1. The molecule has 2 N–H and O–H groups in total. The van der Waals surface area contributed by atoms with Gasteiger partial charge in [-0.1, -0.05) is 17.7 Å². The molecule has 0 saturated heterocycles. The number of nitrogens with zero attached hydrogens (tertiary/aromatic N) is 3. The Bertz CT molecular complexity index is 741. The molecule has 0 aliphatic carbocycles. The van der Waals surface area contributed by atoms with E-state index in [1.807, 2.05) is 25.1 Å². The maximum absolute atomic E-state index is 5.50. The van der Waals surface area contributed by atoms with Gasteiger partial charge in [0.25, 0.3) is 0 Å². The van der Waals surface area contributed by atoms with Crippen molar-refractivity contribution in [2.24, 2.45) is 4.99 Å². The number of aryl methyl sites for hydroxylation is 1. The number of thiazole rings is 1. The summed E-state index contributed by atoms with van der Waals surface area (Å²) in [6, 6.07) is 6.27. The number of aliphatic imine (C=N–C) groups is 1. The van der Waals surface area contributed by atoms with Gasteiger partial charge in [0.15, 0.2) is 11.1 Å². The molecule has 0 saturated carbocycles. The first kappa shape index (κ1) is 20.0. The quantitative estimate of drug-likeness (QED) is 0.574. The van der Waals surface area contributed by atoms with Gasteiger partial charge in [0.2, 0.25) is 0 Å². The van der Waals surface area contributed by atoms with Crippen LogP contribution in [-0.2, 0) is 6.54 Å². The first-order valence-corrected chi connectivity index (χ1v) is 9.63. The fourth-order valence-electron chi connectivity index (χ4n) is 2.53. The number of nitrogens with one attached hydrogen (secondary N) is 2. The lowest BCUT2D eigenvalue weighted by atomic mass is 10.0. The van der Waals surface area contributed by atoms with Gasteiger partial charge in [-0.15, -0.1) is 11.3 Å². The number of anilines is 1. The highest BCUT2D eigenvalue weighted by atomic mass is 32.1. The van der Waals surface area contributed by atoms with Gasteiger partial charge in [-0.3, -0.25) is 0 Å². The molecular weight excluding hydrogens is 346 g/mol. The fourth-order valence-corrected chi connectivity index (χ4v) is 3.28. The van der Waals surface area contributed by atoms with E-state index >= 15 is 0 Å². The number of ether oxygens (including phenoxy) is 1. The summed E-state index contributed by atoms with van der Waals surface area (Å²) < 4.78 is 5.50. The van der Waals surface area contributed by atoms with Crippen molar-refractivity contribution < 1.29 is 4.74 Å². The van der Waals surface area contributed by atoms with Gasteiger partial charge in [-0.25, -0.2) is 9.98 Å². The van der Waals surface area contributed by atoms with E-state index in [0.717, 1.165) is 34.6 Å². The Labute approximate surface area is 160 Å². The Balaban J connectivity index is 2.12. The summed E-state index contributed by atoms with van der Waals surface area (Å²) >= 11 is 1.63. The molecule has 0 radical (unpaired) electrons. The highest BCUT2D eigenvalue weighted by molar-refractivity contribution is 7.13. The molecule has 2 rings (SSSR count). The van der Waals surface area contributed by atoms with Gasteiger partial charge >= 0.3 is 0 Å². The summed E-state index contributed by atoms with van der Waals surface area (Å²) in [6.07, 6.45) is 0. The molecule has 7 heteroatoms. The van der Waals surface area contributed by atoms with Crippen LogP contribution in [0.4, 0.5) is 5.13 Å². The minimum absolute atomic E-state index is 0.0652. The molecule has 1 atom stereocenters. The molecule has 0 aliphatic heterocycles. The van der Waals surface area contributed by atoms with Crippen molar-refractivity contribution >= 4 is 22.4 Å². The highest BCUT2D eigenvalue weighted by Crippen LogP contribution is 2.26. The van der Waals surface area contributed by atoms with E-state index in [0.29, 0.717) is 6.54 Å². The first-order chi connectivity index (χ1) is 12.4. The van der Waals surface area contributed by atoms with E-state index in [2.05, 4.69) is 58.9 Å². The molecule has 1 unspecified atom stereocenters. The SMILES string of the molecule is CCNC(=NCc1csc(N(C)C)n1)NC(C)c1cc(C)ccc1OC. The number of hydrogen-bond acceptors (Lipinski definition) is 5. The van der Waals surface area contributed by atoms with E-state index in [-0.39, 0.29) is 6.04 Å². The third-order valence-corrected chi connectivity index (χ3v) is 4.93. The smallest absolute Gasteiger partial charge is 0.192 e. The summed E-state index contributed by atoms with van der Waals surface area (Å²) in [7, 11) is 5.69. The second-order valence-electron chi connectivity index (χ2n) is 6.32. The topological polar surface area (TPSA) is 61.8 Å². The average molecular weight is 376 g/mol. The van der Waals surface area contributed by atoms with Crippen LogP contribution < -0.4 is 20.3 Å². The van der Waals surface area contributed by atoms with Crippen LogP contribution in [0.25, 0.3) is 0 Å². The molecule has 0 bridgehead atoms. The minimum Gasteiger partial charge on any atom is -0.496 e. The van der Waals surface area contributed by atoms with Crippen molar-refractivity contribution in [2.75, 3.05) is 32.6 Å². The second kappa shape index (κ2) is 9.43. The zero-order valence-corrected chi connectivity index (χ0v) is 17.3. The van der Waals surface area contributed by atoms with Crippen LogP contribution in [0, 0.1) is 6.92 Å². The predicted octanol–water partition coefficient (Wildman–Crippen LogP) is 3.34. The molecule has 0 aliphatic rings. The van der Waals surface area contributed by atoms with Gasteiger partial charge in [0, 0.05) is 31.6 Å². The van der Waals surface area contributed by atoms with E-state index in [1.54, 1.807) is 18.4 Å². The van der Waals surface area contributed by atoms with Gasteiger partial charge < -0.3 is 20.3 Å². The van der Waals surface area contributed by atoms with Crippen molar-refractivity contribution in [3.05, 3.63) is 40.4 Å². The molecular formula is C19H29N5OS. The normalized spacial score (nSPS) is 12.6. The second-order valence-corrected chi connectivity index (χ2v) is 7.16. The summed E-state index contributed by atoms with van der Waals surface area (Å²) in [5.74, 6) is 1.64. The minimum atomic E-state index is 0.0652. The van der Waals surface area contributed by atoms with Crippen molar-refractivity contribution in [3.8, 4) is 5.75 Å². The van der Waals surface area contributed by atoms with Crippen LogP contribution in [0.1, 0.15) is 36.7 Å². The van der Waals surface area contributed by atoms with Gasteiger partial charge in [0.1, 0.15) is 5.75 Å². The molecule has 1 heterocycles. The third-order valence-electron chi connectivity index (χ3n) is 3.87. The van der Waals surface area contributed by atoms with Crippen LogP contribution in [-0.4, -0.2) is 38.7 Å². The molecule has 26 heavy (non-hydrogen) atoms. The summed E-state index contributed by atoms with van der Waals surface area (Å²) in [6.45, 7) is 7.58. The lowest BCUT2D eigenvalue weighted by Gasteiger charge is -2.20. The monoisotopic (exact) mass is 375 g/mol. The number of aromatic nitrogens is 1. The van der Waals surface area contributed by atoms with Crippen LogP contribution in [0.15, 0.2) is 28.6 Å². The maximum atomic E-state index is 5.50. The zero-order valence-electron chi connectivity index (χ0n) is 16.5. The Morgan fingerprint density at radius 1 is 1.38 bits per heavy atom. The van der Waals surface area contributed by atoms with Crippen LogP contribution in [0.5, 0.6) is 5.75 Å². The molecule has 6 nitrogen and oxygen atoms in total. The number of guanidine groups is 1.